The van der Waals surface area contributed by atoms with E-state index >= 15 is 0 Å². The molecule has 1 aromatic rings. The maximum absolute atomic E-state index is 5.87. The van der Waals surface area contributed by atoms with Crippen molar-refractivity contribution in [3.8, 4) is 0 Å². The first-order valence-corrected chi connectivity index (χ1v) is 6.84. The Bertz CT molecular complexity index is 317. The number of nitrogens with two attached hydrogens (primary N) is 1. The molecule has 2 rings (SSSR count). The maximum atomic E-state index is 5.87. The summed E-state index contributed by atoms with van der Waals surface area (Å²) in [5, 5.41) is 0. The van der Waals surface area contributed by atoms with Gasteiger partial charge in [-0.25, -0.2) is 0 Å². The van der Waals surface area contributed by atoms with Gasteiger partial charge in [-0.2, -0.15) is 0 Å². The Morgan fingerprint density at radius 3 is 2.59 bits per heavy atom. The second-order valence-electron chi connectivity index (χ2n) is 5.09. The van der Waals surface area contributed by atoms with Crippen LogP contribution in [0.1, 0.15) is 37.7 Å². The van der Waals surface area contributed by atoms with Crippen LogP contribution < -0.4 is 5.73 Å². The second-order valence-corrected chi connectivity index (χ2v) is 5.09. The summed E-state index contributed by atoms with van der Waals surface area (Å²) in [5.74, 6) is 0.729. The maximum Gasteiger partial charge on any atom is 0.0218 e. The second kappa shape index (κ2) is 6.18. The van der Waals surface area contributed by atoms with Crippen LogP contribution in [0.25, 0.3) is 0 Å². The van der Waals surface area contributed by atoms with Gasteiger partial charge in [0.25, 0.3) is 0 Å². The fourth-order valence-electron chi connectivity index (χ4n) is 2.64. The summed E-state index contributed by atoms with van der Waals surface area (Å²) < 4.78 is 0. The van der Waals surface area contributed by atoms with Gasteiger partial charge < -0.3 is 5.73 Å². The molecule has 0 radical (unpaired) electrons. The number of likely N-dealkylation sites (tertiary alicyclic amines) is 1. The lowest BCUT2D eigenvalue weighted by Gasteiger charge is -2.44. The van der Waals surface area contributed by atoms with Crippen LogP contribution in [0.2, 0.25) is 0 Å². The third kappa shape index (κ3) is 3.08. The summed E-state index contributed by atoms with van der Waals surface area (Å²) in [5.41, 5.74) is 7.35. The molecule has 0 amide bonds. The molecule has 1 aliphatic heterocycles. The van der Waals surface area contributed by atoms with E-state index in [1.165, 1.54) is 37.9 Å². The van der Waals surface area contributed by atoms with E-state index in [1.54, 1.807) is 0 Å². The zero-order valence-electron chi connectivity index (χ0n) is 10.8. The molecule has 0 spiro atoms. The molecule has 1 atom stereocenters. The lowest BCUT2D eigenvalue weighted by Crippen LogP contribution is -2.53. The van der Waals surface area contributed by atoms with Crippen LogP contribution >= 0.6 is 0 Å². The van der Waals surface area contributed by atoms with Crippen molar-refractivity contribution in [3.63, 3.8) is 0 Å². The summed E-state index contributed by atoms with van der Waals surface area (Å²) in [6.07, 6.45) is 3.83. The van der Waals surface area contributed by atoms with Gasteiger partial charge in [-0.15, -0.1) is 0 Å². The molecule has 0 aromatic heterocycles. The average molecular weight is 232 g/mol. The number of benzene rings is 1. The molecule has 1 fully saturated rings. The van der Waals surface area contributed by atoms with E-state index in [1.807, 2.05) is 0 Å². The summed E-state index contributed by atoms with van der Waals surface area (Å²) >= 11 is 0. The van der Waals surface area contributed by atoms with Crippen LogP contribution in [0.15, 0.2) is 30.3 Å². The van der Waals surface area contributed by atoms with Crippen LogP contribution in [0.3, 0.4) is 0 Å². The Labute approximate surface area is 105 Å². The first-order valence-electron chi connectivity index (χ1n) is 6.84. The zero-order valence-corrected chi connectivity index (χ0v) is 10.8. The van der Waals surface area contributed by atoms with E-state index in [0.717, 1.165) is 12.5 Å². The van der Waals surface area contributed by atoms with Crippen molar-refractivity contribution < 1.29 is 0 Å². The first kappa shape index (κ1) is 12.6. The third-order valence-electron chi connectivity index (χ3n) is 3.86. The Morgan fingerprint density at radius 1 is 1.29 bits per heavy atom. The van der Waals surface area contributed by atoms with Crippen molar-refractivity contribution in [2.75, 3.05) is 19.6 Å². The van der Waals surface area contributed by atoms with E-state index in [2.05, 4.69) is 42.2 Å². The van der Waals surface area contributed by atoms with Crippen molar-refractivity contribution in [3.05, 3.63) is 35.9 Å². The highest BCUT2D eigenvalue weighted by atomic mass is 15.2. The van der Waals surface area contributed by atoms with Gasteiger partial charge in [-0.05, 0) is 12.0 Å². The molecule has 94 valence electrons. The highest BCUT2D eigenvalue weighted by Gasteiger charge is 2.31. The lowest BCUT2D eigenvalue weighted by molar-refractivity contribution is 0.0887. The molecule has 0 saturated carbocycles. The molecule has 1 heterocycles. The number of hydrogen-bond donors (Lipinski definition) is 1. The standard InChI is InChI=1S/C15H24N2/c1-2-3-9-15(10-16)17-11-14(12-17)13-7-5-4-6-8-13/h4-8,14-15H,2-3,9-12,16H2,1H3. The SMILES string of the molecule is CCCCC(CN)N1CC(c2ccccc2)C1. The van der Waals surface area contributed by atoms with Gasteiger partial charge in [-0.3, -0.25) is 4.90 Å². The quantitative estimate of drug-likeness (QED) is 0.817. The molecule has 0 bridgehead atoms. The molecular formula is C15H24N2. The molecule has 17 heavy (non-hydrogen) atoms. The minimum Gasteiger partial charge on any atom is -0.329 e. The number of rotatable bonds is 6. The first-order chi connectivity index (χ1) is 8.35. The van der Waals surface area contributed by atoms with Crippen LogP contribution in [0.5, 0.6) is 0 Å². The van der Waals surface area contributed by atoms with Gasteiger partial charge in [0, 0.05) is 31.6 Å². The minimum atomic E-state index is 0.606. The average Bonchev–Trinajstić information content (AvgIpc) is 2.33. The Kier molecular flexibility index (Phi) is 4.57. The molecule has 1 aromatic carbocycles. The van der Waals surface area contributed by atoms with E-state index < -0.39 is 0 Å². The minimum absolute atomic E-state index is 0.606. The van der Waals surface area contributed by atoms with Crippen molar-refractivity contribution in [1.82, 2.24) is 4.90 Å². The largest absolute Gasteiger partial charge is 0.329 e. The number of hydrogen-bond acceptors (Lipinski definition) is 2. The molecule has 2 nitrogen and oxygen atoms in total. The van der Waals surface area contributed by atoms with Crippen LogP contribution in [0.4, 0.5) is 0 Å². The molecule has 1 unspecified atom stereocenters. The highest BCUT2D eigenvalue weighted by Crippen LogP contribution is 2.29. The third-order valence-corrected chi connectivity index (χ3v) is 3.86. The van der Waals surface area contributed by atoms with Crippen LogP contribution in [-0.2, 0) is 0 Å². The lowest BCUT2D eigenvalue weighted by atomic mass is 9.89. The molecule has 1 aliphatic rings. The van der Waals surface area contributed by atoms with E-state index in [9.17, 15) is 0 Å². The smallest absolute Gasteiger partial charge is 0.0218 e. The molecule has 2 N–H and O–H groups in total. The summed E-state index contributed by atoms with van der Waals surface area (Å²) in [6, 6.07) is 11.4. The Balaban J connectivity index is 1.81. The summed E-state index contributed by atoms with van der Waals surface area (Å²) in [6.45, 7) is 5.43. The van der Waals surface area contributed by atoms with Gasteiger partial charge in [0.05, 0.1) is 0 Å². The predicted molar refractivity (Wildman–Crippen MR) is 73.1 cm³/mol. The van der Waals surface area contributed by atoms with E-state index in [0.29, 0.717) is 6.04 Å². The number of nitrogens with zero attached hydrogens (tertiary/aromatic N) is 1. The monoisotopic (exact) mass is 232 g/mol. The van der Waals surface area contributed by atoms with Crippen LogP contribution in [-0.4, -0.2) is 30.6 Å². The normalized spacial score (nSPS) is 18.9. The van der Waals surface area contributed by atoms with Crippen molar-refractivity contribution in [2.45, 2.75) is 38.1 Å². The zero-order chi connectivity index (χ0) is 12.1. The molecular weight excluding hydrogens is 208 g/mol. The Morgan fingerprint density at radius 2 is 2.00 bits per heavy atom. The fraction of sp³-hybridized carbons (Fsp3) is 0.600. The summed E-state index contributed by atoms with van der Waals surface area (Å²) in [4.78, 5) is 2.55. The van der Waals surface area contributed by atoms with Gasteiger partial charge in [0.2, 0.25) is 0 Å². The Hall–Kier alpha value is -0.860. The van der Waals surface area contributed by atoms with Crippen molar-refractivity contribution >= 4 is 0 Å². The molecule has 1 saturated heterocycles. The van der Waals surface area contributed by atoms with E-state index in [-0.39, 0.29) is 0 Å². The van der Waals surface area contributed by atoms with Crippen molar-refractivity contribution in [1.29, 1.82) is 0 Å². The topological polar surface area (TPSA) is 29.3 Å². The predicted octanol–water partition coefficient (Wildman–Crippen LogP) is 2.60. The highest BCUT2D eigenvalue weighted by molar-refractivity contribution is 5.22. The van der Waals surface area contributed by atoms with Gasteiger partial charge in [-0.1, -0.05) is 50.1 Å². The van der Waals surface area contributed by atoms with Crippen LogP contribution in [0, 0.1) is 0 Å². The fourth-order valence-corrected chi connectivity index (χ4v) is 2.64. The van der Waals surface area contributed by atoms with Gasteiger partial charge in [0.15, 0.2) is 0 Å². The molecule has 2 heteroatoms. The van der Waals surface area contributed by atoms with Gasteiger partial charge in [0.1, 0.15) is 0 Å². The van der Waals surface area contributed by atoms with E-state index in [4.69, 9.17) is 5.73 Å². The molecule has 0 aliphatic carbocycles. The van der Waals surface area contributed by atoms with Gasteiger partial charge >= 0.3 is 0 Å². The summed E-state index contributed by atoms with van der Waals surface area (Å²) in [7, 11) is 0. The number of unbranched alkanes of at least 4 members (excludes halogenated alkanes) is 1. The van der Waals surface area contributed by atoms with Crippen molar-refractivity contribution in [2.24, 2.45) is 5.73 Å².